The minimum Gasteiger partial charge on any atom is -0.396 e. The van der Waals surface area contributed by atoms with Gasteiger partial charge in [0.15, 0.2) is 0 Å². The van der Waals surface area contributed by atoms with Crippen LogP contribution in [-0.2, 0) is 0 Å². The van der Waals surface area contributed by atoms with Crippen molar-refractivity contribution >= 4 is 5.69 Å². The predicted molar refractivity (Wildman–Crippen MR) is 69.2 cm³/mol. The Balaban J connectivity index is 2.33. The maximum atomic E-state index is 9.79. The van der Waals surface area contributed by atoms with Crippen LogP contribution in [0.15, 0.2) is 18.2 Å². The Labute approximate surface area is 107 Å². The molecule has 2 atom stereocenters. The molecule has 1 saturated heterocycles. The van der Waals surface area contributed by atoms with Crippen LogP contribution in [0.1, 0.15) is 30.6 Å². The average Bonchev–Trinajstić information content (AvgIpc) is 2.86. The number of anilines is 1. The van der Waals surface area contributed by atoms with Crippen LogP contribution in [0, 0.1) is 17.2 Å². The van der Waals surface area contributed by atoms with Gasteiger partial charge in [0, 0.05) is 36.9 Å². The molecule has 0 radical (unpaired) electrons. The van der Waals surface area contributed by atoms with Crippen LogP contribution < -0.4 is 4.90 Å². The van der Waals surface area contributed by atoms with Crippen molar-refractivity contribution in [2.75, 3.05) is 24.6 Å². The van der Waals surface area contributed by atoms with Gasteiger partial charge in [-0.25, -0.2) is 0 Å². The standard InChI is InChI=1S/C14H18N2O2/c1-10(18)13-3-2-11(7-15)6-14(13)16-5-4-12(8-16)9-17/h2-3,6,10,12,17-18H,4-5,8-9H2,1H3. The first-order valence-corrected chi connectivity index (χ1v) is 6.23. The lowest BCUT2D eigenvalue weighted by molar-refractivity contribution is 0.199. The maximum Gasteiger partial charge on any atom is 0.0992 e. The van der Waals surface area contributed by atoms with E-state index in [9.17, 15) is 10.2 Å². The van der Waals surface area contributed by atoms with Crippen LogP contribution in [-0.4, -0.2) is 29.9 Å². The molecule has 18 heavy (non-hydrogen) atoms. The summed E-state index contributed by atoms with van der Waals surface area (Å²) in [4.78, 5) is 2.14. The summed E-state index contributed by atoms with van der Waals surface area (Å²) < 4.78 is 0. The third-order valence-corrected chi connectivity index (χ3v) is 3.49. The topological polar surface area (TPSA) is 67.5 Å². The molecule has 2 rings (SSSR count). The molecule has 1 aliphatic rings. The molecule has 0 amide bonds. The number of benzene rings is 1. The fraction of sp³-hybridized carbons (Fsp3) is 0.500. The number of nitriles is 1. The quantitative estimate of drug-likeness (QED) is 0.846. The first-order chi connectivity index (χ1) is 8.65. The van der Waals surface area contributed by atoms with E-state index in [2.05, 4.69) is 11.0 Å². The van der Waals surface area contributed by atoms with Crippen LogP contribution >= 0.6 is 0 Å². The molecule has 4 heteroatoms. The van der Waals surface area contributed by atoms with Crippen molar-refractivity contribution in [3.8, 4) is 6.07 Å². The maximum absolute atomic E-state index is 9.79. The van der Waals surface area contributed by atoms with E-state index < -0.39 is 6.10 Å². The Morgan fingerprint density at radius 1 is 1.56 bits per heavy atom. The highest BCUT2D eigenvalue weighted by Crippen LogP contribution is 2.31. The molecule has 0 bridgehead atoms. The monoisotopic (exact) mass is 246 g/mol. The number of aliphatic hydroxyl groups excluding tert-OH is 2. The highest BCUT2D eigenvalue weighted by molar-refractivity contribution is 5.59. The second kappa shape index (κ2) is 5.38. The summed E-state index contributed by atoms with van der Waals surface area (Å²) in [6.07, 6.45) is 0.396. The van der Waals surface area contributed by atoms with Crippen molar-refractivity contribution in [1.82, 2.24) is 0 Å². The van der Waals surface area contributed by atoms with Gasteiger partial charge in [-0.2, -0.15) is 5.26 Å². The Morgan fingerprint density at radius 3 is 2.89 bits per heavy atom. The zero-order valence-electron chi connectivity index (χ0n) is 10.5. The smallest absolute Gasteiger partial charge is 0.0992 e. The Bertz CT molecular complexity index is 465. The van der Waals surface area contributed by atoms with Crippen molar-refractivity contribution in [2.24, 2.45) is 5.92 Å². The third kappa shape index (κ3) is 2.47. The van der Waals surface area contributed by atoms with Crippen LogP contribution in [0.2, 0.25) is 0 Å². The summed E-state index contributed by atoms with van der Waals surface area (Å²) >= 11 is 0. The predicted octanol–water partition coefficient (Wildman–Crippen LogP) is 1.43. The highest BCUT2D eigenvalue weighted by Gasteiger charge is 2.24. The van der Waals surface area contributed by atoms with Gasteiger partial charge in [0.1, 0.15) is 0 Å². The van der Waals surface area contributed by atoms with E-state index in [1.807, 2.05) is 12.1 Å². The lowest BCUT2D eigenvalue weighted by Crippen LogP contribution is -2.22. The molecular formula is C14H18N2O2. The normalized spacial score (nSPS) is 20.8. The minimum atomic E-state index is -0.555. The molecule has 1 aromatic rings. The molecule has 2 N–H and O–H groups in total. The molecule has 0 spiro atoms. The summed E-state index contributed by atoms with van der Waals surface area (Å²) in [5.41, 5.74) is 2.36. The van der Waals surface area contributed by atoms with E-state index in [0.29, 0.717) is 5.56 Å². The second-order valence-electron chi connectivity index (χ2n) is 4.84. The Hall–Kier alpha value is -1.57. The average molecular weight is 246 g/mol. The fourth-order valence-electron chi connectivity index (χ4n) is 2.44. The van der Waals surface area contributed by atoms with E-state index in [0.717, 1.165) is 30.8 Å². The van der Waals surface area contributed by atoms with Gasteiger partial charge in [-0.3, -0.25) is 0 Å². The molecule has 1 heterocycles. The molecule has 96 valence electrons. The van der Waals surface area contributed by atoms with Gasteiger partial charge in [0.25, 0.3) is 0 Å². The zero-order valence-corrected chi connectivity index (χ0v) is 10.5. The van der Waals surface area contributed by atoms with E-state index in [1.165, 1.54) is 0 Å². The largest absolute Gasteiger partial charge is 0.396 e. The number of rotatable bonds is 3. The first kappa shape index (κ1) is 12.9. The van der Waals surface area contributed by atoms with E-state index in [-0.39, 0.29) is 12.5 Å². The van der Waals surface area contributed by atoms with Crippen LogP contribution in [0.5, 0.6) is 0 Å². The molecule has 1 fully saturated rings. The number of hydrogen-bond acceptors (Lipinski definition) is 4. The van der Waals surface area contributed by atoms with Gasteiger partial charge in [-0.1, -0.05) is 6.07 Å². The lowest BCUT2D eigenvalue weighted by Gasteiger charge is -2.23. The Morgan fingerprint density at radius 2 is 2.33 bits per heavy atom. The Kier molecular flexibility index (Phi) is 3.85. The molecule has 0 aromatic heterocycles. The van der Waals surface area contributed by atoms with E-state index in [4.69, 9.17) is 5.26 Å². The van der Waals surface area contributed by atoms with Crippen LogP contribution in [0.25, 0.3) is 0 Å². The van der Waals surface area contributed by atoms with Crippen molar-refractivity contribution < 1.29 is 10.2 Å². The molecular weight excluding hydrogens is 228 g/mol. The van der Waals surface area contributed by atoms with Gasteiger partial charge in [0.05, 0.1) is 17.7 Å². The SMILES string of the molecule is CC(O)c1ccc(C#N)cc1N1CCC(CO)C1. The summed E-state index contributed by atoms with van der Waals surface area (Å²) in [5.74, 6) is 0.289. The first-order valence-electron chi connectivity index (χ1n) is 6.23. The van der Waals surface area contributed by atoms with Gasteiger partial charge in [0.2, 0.25) is 0 Å². The van der Waals surface area contributed by atoms with E-state index >= 15 is 0 Å². The van der Waals surface area contributed by atoms with Crippen molar-refractivity contribution in [3.63, 3.8) is 0 Å². The van der Waals surface area contributed by atoms with Crippen LogP contribution in [0.3, 0.4) is 0 Å². The number of aliphatic hydroxyl groups is 2. The van der Waals surface area contributed by atoms with Crippen molar-refractivity contribution in [3.05, 3.63) is 29.3 Å². The molecule has 0 aliphatic carbocycles. The summed E-state index contributed by atoms with van der Waals surface area (Å²) in [5, 5.41) is 27.9. The second-order valence-corrected chi connectivity index (χ2v) is 4.84. The molecule has 1 aromatic carbocycles. The van der Waals surface area contributed by atoms with Crippen LogP contribution in [0.4, 0.5) is 5.69 Å². The lowest BCUT2D eigenvalue weighted by atomic mass is 10.0. The van der Waals surface area contributed by atoms with Crippen molar-refractivity contribution in [2.45, 2.75) is 19.4 Å². The minimum absolute atomic E-state index is 0.193. The fourth-order valence-corrected chi connectivity index (χ4v) is 2.44. The molecule has 2 unspecified atom stereocenters. The zero-order chi connectivity index (χ0) is 13.1. The highest BCUT2D eigenvalue weighted by atomic mass is 16.3. The summed E-state index contributed by atoms with van der Waals surface area (Å²) in [6, 6.07) is 7.48. The molecule has 0 saturated carbocycles. The van der Waals surface area contributed by atoms with Gasteiger partial charge in [-0.05, 0) is 25.5 Å². The third-order valence-electron chi connectivity index (χ3n) is 3.49. The molecule has 1 aliphatic heterocycles. The van der Waals surface area contributed by atoms with Gasteiger partial charge in [-0.15, -0.1) is 0 Å². The molecule has 4 nitrogen and oxygen atoms in total. The number of hydrogen-bond donors (Lipinski definition) is 2. The van der Waals surface area contributed by atoms with Crippen molar-refractivity contribution in [1.29, 1.82) is 5.26 Å². The van der Waals surface area contributed by atoms with Gasteiger partial charge >= 0.3 is 0 Å². The van der Waals surface area contributed by atoms with Gasteiger partial charge < -0.3 is 15.1 Å². The van der Waals surface area contributed by atoms with E-state index in [1.54, 1.807) is 13.0 Å². The summed E-state index contributed by atoms with van der Waals surface area (Å²) in [7, 11) is 0. The summed E-state index contributed by atoms with van der Waals surface area (Å²) in [6.45, 7) is 3.56. The number of nitrogens with zero attached hydrogens (tertiary/aromatic N) is 2.